The zero-order valence-corrected chi connectivity index (χ0v) is 13.6. The highest BCUT2D eigenvalue weighted by Gasteiger charge is 2.24. The first-order valence-electron chi connectivity index (χ1n) is 6.94. The van der Waals surface area contributed by atoms with Crippen molar-refractivity contribution in [2.45, 2.75) is 12.5 Å². The fourth-order valence-corrected chi connectivity index (χ4v) is 2.35. The summed E-state index contributed by atoms with van der Waals surface area (Å²) < 4.78 is 6.70. The first-order chi connectivity index (χ1) is 10.1. The van der Waals surface area contributed by atoms with Crippen molar-refractivity contribution in [3.8, 4) is 5.75 Å². The summed E-state index contributed by atoms with van der Waals surface area (Å²) in [4.78, 5) is 0. The number of hydrogen-bond donors (Lipinski definition) is 2. The number of hydrogen-bond acceptors (Lipinski definition) is 3. The lowest BCUT2D eigenvalue weighted by molar-refractivity contribution is 0.167. The molecule has 1 atom stereocenters. The van der Waals surface area contributed by atoms with Crippen LogP contribution >= 0.6 is 15.9 Å². The minimum atomic E-state index is -0.454. The average molecular weight is 350 g/mol. The summed E-state index contributed by atoms with van der Waals surface area (Å²) in [6, 6.07) is 17.7. The maximum atomic E-state index is 9.68. The van der Waals surface area contributed by atoms with Crippen LogP contribution in [0.15, 0.2) is 59.1 Å². The third kappa shape index (κ3) is 4.56. The number of aliphatic hydroxyl groups excluding tert-OH is 1. The van der Waals surface area contributed by atoms with Gasteiger partial charge in [0.25, 0.3) is 0 Å². The van der Waals surface area contributed by atoms with Gasteiger partial charge in [0, 0.05) is 11.0 Å². The van der Waals surface area contributed by atoms with E-state index in [1.54, 1.807) is 0 Å². The smallest absolute Gasteiger partial charge is 0.119 e. The number of ether oxygens (including phenoxy) is 1. The van der Waals surface area contributed by atoms with Crippen LogP contribution in [0.25, 0.3) is 0 Å². The Morgan fingerprint density at radius 1 is 1.10 bits per heavy atom. The van der Waals surface area contributed by atoms with Gasteiger partial charge in [-0.05, 0) is 36.8 Å². The summed E-state index contributed by atoms with van der Waals surface area (Å²) in [5.74, 6) is 0.838. The van der Waals surface area contributed by atoms with E-state index in [0.29, 0.717) is 13.2 Å². The molecule has 0 saturated carbocycles. The molecule has 1 unspecified atom stereocenters. The first-order valence-corrected chi connectivity index (χ1v) is 7.73. The summed E-state index contributed by atoms with van der Waals surface area (Å²) in [5, 5.41) is 13.0. The Labute approximate surface area is 134 Å². The Hall–Kier alpha value is -1.36. The minimum Gasteiger partial charge on any atom is -0.492 e. The van der Waals surface area contributed by atoms with Crippen LogP contribution in [0.5, 0.6) is 5.75 Å². The summed E-state index contributed by atoms with van der Waals surface area (Å²) in [5.41, 5.74) is 0.612. The Kier molecular flexibility index (Phi) is 5.79. The monoisotopic (exact) mass is 349 g/mol. The lowest BCUT2D eigenvalue weighted by Gasteiger charge is -2.29. The molecular weight excluding hydrogens is 330 g/mol. The van der Waals surface area contributed by atoms with Gasteiger partial charge in [-0.1, -0.05) is 46.3 Å². The predicted molar refractivity (Wildman–Crippen MR) is 88.5 cm³/mol. The van der Waals surface area contributed by atoms with Crippen molar-refractivity contribution in [1.29, 1.82) is 0 Å². The van der Waals surface area contributed by atoms with Gasteiger partial charge in [-0.15, -0.1) is 0 Å². The van der Waals surface area contributed by atoms with Crippen molar-refractivity contribution in [3.63, 3.8) is 0 Å². The lowest BCUT2D eigenvalue weighted by atomic mass is 9.93. The van der Waals surface area contributed by atoms with Gasteiger partial charge in [0.15, 0.2) is 0 Å². The fraction of sp³-hybridized carbons (Fsp3) is 0.294. The maximum Gasteiger partial charge on any atom is 0.119 e. The molecule has 0 aliphatic carbocycles. The van der Waals surface area contributed by atoms with Gasteiger partial charge in [0.1, 0.15) is 12.4 Å². The van der Waals surface area contributed by atoms with E-state index < -0.39 is 5.54 Å². The van der Waals surface area contributed by atoms with E-state index in [-0.39, 0.29) is 6.61 Å². The molecular formula is C17H20BrNO2. The lowest BCUT2D eigenvalue weighted by Crippen LogP contribution is -2.44. The molecule has 0 radical (unpaired) electrons. The van der Waals surface area contributed by atoms with Gasteiger partial charge in [-0.25, -0.2) is 0 Å². The molecule has 3 nitrogen and oxygen atoms in total. The quantitative estimate of drug-likeness (QED) is 0.753. The molecule has 112 valence electrons. The molecule has 0 amide bonds. The summed E-state index contributed by atoms with van der Waals surface area (Å²) in [7, 11) is 0. The topological polar surface area (TPSA) is 41.5 Å². The zero-order valence-electron chi connectivity index (χ0n) is 12.1. The van der Waals surface area contributed by atoms with Crippen LogP contribution in [0, 0.1) is 0 Å². The molecule has 0 heterocycles. The number of nitrogens with one attached hydrogen (secondary N) is 1. The molecule has 2 aromatic carbocycles. The molecule has 0 aromatic heterocycles. The van der Waals surface area contributed by atoms with Crippen LogP contribution in [0.4, 0.5) is 0 Å². The minimum absolute atomic E-state index is 0.0370. The molecule has 0 fully saturated rings. The van der Waals surface area contributed by atoms with E-state index in [9.17, 15) is 5.11 Å². The maximum absolute atomic E-state index is 9.68. The number of aliphatic hydroxyl groups is 1. The predicted octanol–water partition coefficient (Wildman–Crippen LogP) is 3.33. The number of halogens is 1. The van der Waals surface area contributed by atoms with Crippen LogP contribution in [-0.4, -0.2) is 24.9 Å². The average Bonchev–Trinajstić information content (AvgIpc) is 2.54. The molecule has 0 saturated heterocycles. The van der Waals surface area contributed by atoms with Crippen molar-refractivity contribution < 1.29 is 9.84 Å². The zero-order chi connectivity index (χ0) is 15.1. The molecule has 4 heteroatoms. The summed E-state index contributed by atoms with van der Waals surface area (Å²) in [6.45, 7) is 3.23. The van der Waals surface area contributed by atoms with Crippen molar-refractivity contribution in [2.75, 3.05) is 19.8 Å². The van der Waals surface area contributed by atoms with Crippen LogP contribution in [-0.2, 0) is 5.54 Å². The SMILES string of the molecule is CC(CO)(NCCOc1ccc(Br)cc1)c1ccccc1. The van der Waals surface area contributed by atoms with Gasteiger partial charge in [-0.2, -0.15) is 0 Å². The third-order valence-corrected chi connectivity index (χ3v) is 3.96. The molecule has 2 N–H and O–H groups in total. The Balaban J connectivity index is 1.85. The standard InChI is InChI=1S/C17H20BrNO2/c1-17(13-20,14-5-3-2-4-6-14)19-11-12-21-16-9-7-15(18)8-10-16/h2-10,19-20H,11-13H2,1H3. The van der Waals surface area contributed by atoms with Gasteiger partial charge in [-0.3, -0.25) is 0 Å². The van der Waals surface area contributed by atoms with E-state index in [2.05, 4.69) is 21.2 Å². The first kappa shape index (κ1) is 16.0. The second-order valence-electron chi connectivity index (χ2n) is 5.09. The summed E-state index contributed by atoms with van der Waals surface area (Å²) >= 11 is 3.39. The molecule has 0 aliphatic rings. The van der Waals surface area contributed by atoms with Crippen molar-refractivity contribution in [3.05, 3.63) is 64.6 Å². The van der Waals surface area contributed by atoms with E-state index >= 15 is 0 Å². The molecule has 0 aliphatic heterocycles. The van der Waals surface area contributed by atoms with E-state index in [4.69, 9.17) is 4.74 Å². The second-order valence-corrected chi connectivity index (χ2v) is 6.00. The van der Waals surface area contributed by atoms with Gasteiger partial charge in [0.05, 0.1) is 12.1 Å². The van der Waals surface area contributed by atoms with Crippen LogP contribution in [0.1, 0.15) is 12.5 Å². The fourth-order valence-electron chi connectivity index (χ4n) is 2.08. The highest BCUT2D eigenvalue weighted by molar-refractivity contribution is 9.10. The van der Waals surface area contributed by atoms with Crippen LogP contribution < -0.4 is 10.1 Å². The molecule has 21 heavy (non-hydrogen) atoms. The largest absolute Gasteiger partial charge is 0.492 e. The van der Waals surface area contributed by atoms with Crippen LogP contribution in [0.2, 0.25) is 0 Å². The van der Waals surface area contributed by atoms with Gasteiger partial charge in [0.2, 0.25) is 0 Å². The van der Waals surface area contributed by atoms with Crippen molar-refractivity contribution >= 4 is 15.9 Å². The van der Waals surface area contributed by atoms with Gasteiger partial charge >= 0.3 is 0 Å². The highest BCUT2D eigenvalue weighted by Crippen LogP contribution is 2.19. The Morgan fingerprint density at radius 2 is 1.76 bits per heavy atom. The Morgan fingerprint density at radius 3 is 2.38 bits per heavy atom. The van der Waals surface area contributed by atoms with E-state index in [1.807, 2.05) is 61.5 Å². The summed E-state index contributed by atoms with van der Waals surface area (Å²) in [6.07, 6.45) is 0. The molecule has 0 spiro atoms. The molecule has 0 bridgehead atoms. The third-order valence-electron chi connectivity index (χ3n) is 3.43. The van der Waals surface area contributed by atoms with E-state index in [0.717, 1.165) is 15.8 Å². The van der Waals surface area contributed by atoms with Crippen LogP contribution in [0.3, 0.4) is 0 Å². The van der Waals surface area contributed by atoms with Gasteiger partial charge < -0.3 is 15.2 Å². The van der Waals surface area contributed by atoms with Crippen molar-refractivity contribution in [1.82, 2.24) is 5.32 Å². The molecule has 2 rings (SSSR count). The highest BCUT2D eigenvalue weighted by atomic mass is 79.9. The Bertz CT molecular complexity index is 544. The van der Waals surface area contributed by atoms with Crippen molar-refractivity contribution in [2.24, 2.45) is 0 Å². The molecule has 2 aromatic rings. The number of rotatable bonds is 7. The normalized spacial score (nSPS) is 13.7. The number of benzene rings is 2. The van der Waals surface area contributed by atoms with E-state index in [1.165, 1.54) is 0 Å². The second kappa shape index (κ2) is 7.59.